The molecule has 0 aromatic carbocycles. The second kappa shape index (κ2) is 6.10. The van der Waals surface area contributed by atoms with Crippen molar-refractivity contribution in [1.82, 2.24) is 9.72 Å². The minimum atomic E-state index is -0.437. The Hall–Kier alpha value is -2.93. The zero-order valence-electron chi connectivity index (χ0n) is 14.9. The normalized spacial score (nSPS) is 15.6. The molecule has 4 heterocycles. The molecule has 0 fully saturated rings. The largest absolute Gasteiger partial charge is 0.401 e. The minimum Gasteiger partial charge on any atom is -0.401 e. The lowest BCUT2D eigenvalue weighted by atomic mass is 10.2. The van der Waals surface area contributed by atoms with Crippen LogP contribution in [0, 0.1) is 27.7 Å². The Balaban J connectivity index is 1.72. The molecule has 1 aliphatic heterocycles. The fourth-order valence-corrected chi connectivity index (χ4v) is 3.75. The first-order valence-electron chi connectivity index (χ1n) is 8.14. The number of aliphatic imine (C=N–C) groups is 1. The highest BCUT2D eigenvalue weighted by Gasteiger charge is 2.25. The van der Waals surface area contributed by atoms with Gasteiger partial charge in [0.15, 0.2) is 11.5 Å². The van der Waals surface area contributed by atoms with Crippen molar-refractivity contribution >= 4 is 29.3 Å². The molecule has 1 aliphatic rings. The number of aromatic nitrogens is 2. The van der Waals surface area contributed by atoms with Gasteiger partial charge in [-0.05, 0) is 57.5 Å². The number of carbonyl (C=O) groups is 1. The fraction of sp³-hybridized carbons (Fsp3) is 0.211. The molecule has 0 bridgehead atoms. The molecule has 0 amide bonds. The first kappa shape index (κ1) is 16.5. The molecule has 0 atom stereocenters. The smallest absolute Gasteiger partial charge is 0.363 e. The second-order valence-electron chi connectivity index (χ2n) is 6.20. The minimum absolute atomic E-state index is 0.294. The maximum absolute atomic E-state index is 12.2. The van der Waals surface area contributed by atoms with E-state index in [1.807, 2.05) is 56.5 Å². The number of nitrogens with zero attached hydrogens (tertiary/aromatic N) is 3. The van der Waals surface area contributed by atoms with Crippen LogP contribution < -0.4 is 0 Å². The van der Waals surface area contributed by atoms with Gasteiger partial charge in [0.2, 0.25) is 5.90 Å². The maximum Gasteiger partial charge on any atom is 0.363 e. The van der Waals surface area contributed by atoms with Crippen molar-refractivity contribution in [1.29, 1.82) is 0 Å². The first-order chi connectivity index (χ1) is 12.4. The van der Waals surface area contributed by atoms with Crippen LogP contribution in [0.4, 0.5) is 0 Å². The summed E-state index contributed by atoms with van der Waals surface area (Å²) in [6.07, 6.45) is 1.75. The molecule has 3 aromatic heterocycles. The number of aryl methyl sites for hydroxylation is 3. The van der Waals surface area contributed by atoms with Crippen molar-refractivity contribution in [2.45, 2.75) is 27.7 Å². The number of hydrogen-bond acceptors (Lipinski definition) is 6. The van der Waals surface area contributed by atoms with E-state index in [0.29, 0.717) is 11.6 Å². The lowest BCUT2D eigenvalue weighted by molar-refractivity contribution is -0.129. The van der Waals surface area contributed by atoms with Crippen LogP contribution in [0.5, 0.6) is 0 Å². The molecule has 4 rings (SSSR count). The van der Waals surface area contributed by atoms with Gasteiger partial charge in [0, 0.05) is 22.3 Å². The Kier molecular flexibility index (Phi) is 3.88. The molecule has 7 heteroatoms. The number of hydrogen-bond donors (Lipinski definition) is 0. The highest BCUT2D eigenvalue weighted by atomic mass is 32.1. The van der Waals surface area contributed by atoms with Crippen LogP contribution in [0.3, 0.4) is 0 Å². The van der Waals surface area contributed by atoms with E-state index in [4.69, 9.17) is 9.26 Å². The van der Waals surface area contributed by atoms with E-state index in [1.165, 1.54) is 0 Å². The van der Waals surface area contributed by atoms with E-state index >= 15 is 0 Å². The van der Waals surface area contributed by atoms with Crippen molar-refractivity contribution in [2.24, 2.45) is 4.99 Å². The summed E-state index contributed by atoms with van der Waals surface area (Å²) in [5, 5.41) is 4.07. The highest BCUT2D eigenvalue weighted by Crippen LogP contribution is 2.26. The van der Waals surface area contributed by atoms with Gasteiger partial charge in [0.1, 0.15) is 5.76 Å². The second-order valence-corrected chi connectivity index (χ2v) is 7.49. The molecule has 26 heavy (non-hydrogen) atoms. The predicted molar refractivity (Wildman–Crippen MR) is 99.7 cm³/mol. The van der Waals surface area contributed by atoms with Gasteiger partial charge in [-0.25, -0.2) is 9.79 Å². The average molecular weight is 367 g/mol. The van der Waals surface area contributed by atoms with Gasteiger partial charge in [-0.3, -0.25) is 4.57 Å². The topological polar surface area (TPSA) is 69.6 Å². The SMILES string of the molecule is Cc1cc(-n2c(C)cc(C=C3N=C(c4ccc(C)s4)OC3=O)c2C)no1. The zero-order chi connectivity index (χ0) is 18.4. The summed E-state index contributed by atoms with van der Waals surface area (Å²) in [4.78, 5) is 18.6. The maximum atomic E-state index is 12.2. The molecule has 0 radical (unpaired) electrons. The molecular formula is C19H17N3O3S. The summed E-state index contributed by atoms with van der Waals surface area (Å²) in [6.45, 7) is 7.80. The van der Waals surface area contributed by atoms with Gasteiger partial charge in [0.05, 0.1) is 4.88 Å². The Morgan fingerprint density at radius 3 is 2.62 bits per heavy atom. The van der Waals surface area contributed by atoms with Crippen LogP contribution >= 0.6 is 11.3 Å². The lowest BCUT2D eigenvalue weighted by Crippen LogP contribution is -2.03. The number of thiophene rings is 1. The lowest BCUT2D eigenvalue weighted by Gasteiger charge is -2.03. The van der Waals surface area contributed by atoms with E-state index in [1.54, 1.807) is 17.4 Å². The number of esters is 1. The van der Waals surface area contributed by atoms with Crippen molar-refractivity contribution in [3.05, 3.63) is 62.4 Å². The molecule has 0 aliphatic carbocycles. The van der Waals surface area contributed by atoms with Crippen LogP contribution in [0.2, 0.25) is 0 Å². The number of carbonyl (C=O) groups excluding carboxylic acids is 1. The average Bonchev–Trinajstić information content (AvgIpc) is 3.32. The predicted octanol–water partition coefficient (Wildman–Crippen LogP) is 4.10. The van der Waals surface area contributed by atoms with Crippen molar-refractivity contribution in [3.8, 4) is 5.82 Å². The molecule has 3 aromatic rings. The van der Waals surface area contributed by atoms with Crippen molar-refractivity contribution in [3.63, 3.8) is 0 Å². The van der Waals surface area contributed by atoms with Crippen LogP contribution in [0.1, 0.15) is 32.5 Å². The zero-order valence-corrected chi connectivity index (χ0v) is 15.7. The van der Waals surface area contributed by atoms with Crippen molar-refractivity contribution < 1.29 is 14.1 Å². The van der Waals surface area contributed by atoms with E-state index in [0.717, 1.165) is 38.3 Å². The van der Waals surface area contributed by atoms with Crippen LogP contribution in [0.25, 0.3) is 11.9 Å². The molecule has 0 spiro atoms. The summed E-state index contributed by atoms with van der Waals surface area (Å²) >= 11 is 1.55. The molecule has 6 nitrogen and oxygen atoms in total. The van der Waals surface area contributed by atoms with Gasteiger partial charge in [-0.15, -0.1) is 11.3 Å². The molecule has 0 saturated carbocycles. The summed E-state index contributed by atoms with van der Waals surface area (Å²) in [7, 11) is 0. The molecular weight excluding hydrogens is 350 g/mol. The summed E-state index contributed by atoms with van der Waals surface area (Å²) in [6, 6.07) is 7.75. The van der Waals surface area contributed by atoms with Gasteiger partial charge < -0.3 is 9.26 Å². The van der Waals surface area contributed by atoms with E-state index in [2.05, 4.69) is 10.1 Å². The molecule has 0 unspecified atom stereocenters. The standard InChI is InChI=1S/C19H17N3O3S/c1-10-7-14(13(4)22(10)17-8-11(2)25-21-17)9-15-19(23)24-18(20-15)16-6-5-12(3)26-16/h5-9H,1-4H3. The highest BCUT2D eigenvalue weighted by molar-refractivity contribution is 7.14. The number of ether oxygens (including phenoxy) is 1. The Bertz CT molecular complexity index is 1080. The van der Waals surface area contributed by atoms with Crippen LogP contribution in [-0.2, 0) is 9.53 Å². The Morgan fingerprint density at radius 2 is 1.96 bits per heavy atom. The summed E-state index contributed by atoms with van der Waals surface area (Å²) in [5.74, 6) is 1.38. The fourth-order valence-electron chi connectivity index (χ4n) is 2.96. The molecule has 0 N–H and O–H groups in total. The Labute approximate surface area is 154 Å². The molecule has 132 valence electrons. The number of cyclic esters (lactones) is 1. The summed E-state index contributed by atoms with van der Waals surface area (Å²) < 4.78 is 12.5. The van der Waals surface area contributed by atoms with Gasteiger partial charge >= 0.3 is 5.97 Å². The van der Waals surface area contributed by atoms with Gasteiger partial charge in [-0.1, -0.05) is 5.16 Å². The quantitative estimate of drug-likeness (QED) is 0.516. The molecule has 0 saturated heterocycles. The van der Waals surface area contributed by atoms with Crippen LogP contribution in [0.15, 0.2) is 39.5 Å². The van der Waals surface area contributed by atoms with E-state index in [-0.39, 0.29) is 0 Å². The third kappa shape index (κ3) is 2.80. The van der Waals surface area contributed by atoms with Crippen molar-refractivity contribution in [2.75, 3.05) is 0 Å². The third-order valence-corrected chi connectivity index (χ3v) is 5.17. The van der Waals surface area contributed by atoms with Gasteiger partial charge in [0.25, 0.3) is 0 Å². The first-order valence-corrected chi connectivity index (χ1v) is 8.96. The van der Waals surface area contributed by atoms with Gasteiger partial charge in [-0.2, -0.15) is 0 Å². The van der Waals surface area contributed by atoms with E-state index < -0.39 is 5.97 Å². The monoisotopic (exact) mass is 367 g/mol. The van der Waals surface area contributed by atoms with Crippen LogP contribution in [-0.4, -0.2) is 21.6 Å². The Morgan fingerprint density at radius 1 is 1.15 bits per heavy atom. The third-order valence-electron chi connectivity index (χ3n) is 4.18. The van der Waals surface area contributed by atoms with E-state index in [9.17, 15) is 4.79 Å². The summed E-state index contributed by atoms with van der Waals surface area (Å²) in [5.41, 5.74) is 3.13. The number of rotatable bonds is 3.